The number of carbonyl (C=O) groups excluding carboxylic acids is 1. The van der Waals surface area contributed by atoms with Crippen LogP contribution >= 0.6 is 11.3 Å². The third-order valence-electron chi connectivity index (χ3n) is 4.65. The summed E-state index contributed by atoms with van der Waals surface area (Å²) in [6.45, 7) is 4.82. The molecule has 0 atom stereocenters. The van der Waals surface area contributed by atoms with E-state index in [1.54, 1.807) is 0 Å². The lowest BCUT2D eigenvalue weighted by molar-refractivity contribution is -0.120. The van der Waals surface area contributed by atoms with Gasteiger partial charge in [-0.2, -0.15) is 0 Å². The number of hydrogen-bond donors (Lipinski definition) is 1. The van der Waals surface area contributed by atoms with Crippen LogP contribution in [0.25, 0.3) is 11.3 Å². The third-order valence-corrected chi connectivity index (χ3v) is 6.83. The van der Waals surface area contributed by atoms with Crippen molar-refractivity contribution in [1.29, 1.82) is 0 Å². The number of amides is 1. The van der Waals surface area contributed by atoms with Gasteiger partial charge in [0.1, 0.15) is 0 Å². The Hall–Kier alpha value is -1.77. The summed E-state index contributed by atoms with van der Waals surface area (Å²) in [7, 11) is -3.18. The molecule has 2 aromatic rings. The largest absolute Gasteiger partial charge is 0.302 e. The quantitative estimate of drug-likeness (QED) is 0.866. The maximum absolute atomic E-state index is 12.5. The highest BCUT2D eigenvalue weighted by Crippen LogP contribution is 2.31. The van der Waals surface area contributed by atoms with Crippen molar-refractivity contribution in [3.05, 3.63) is 34.7 Å². The van der Waals surface area contributed by atoms with E-state index in [1.807, 2.05) is 38.1 Å². The van der Waals surface area contributed by atoms with Crippen molar-refractivity contribution in [2.75, 3.05) is 24.7 Å². The Morgan fingerprint density at radius 1 is 1.19 bits per heavy atom. The van der Waals surface area contributed by atoms with Gasteiger partial charge in [-0.3, -0.25) is 4.79 Å². The predicted octanol–water partition coefficient (Wildman–Crippen LogP) is 3.04. The summed E-state index contributed by atoms with van der Waals surface area (Å²) in [6, 6.07) is 8.15. The summed E-state index contributed by atoms with van der Waals surface area (Å²) in [5.41, 5.74) is 3.11. The first-order chi connectivity index (χ1) is 12.2. The molecule has 1 aromatic carbocycles. The highest BCUT2D eigenvalue weighted by atomic mass is 32.2. The first-order valence-electron chi connectivity index (χ1n) is 8.54. The number of hydrogen-bond acceptors (Lipinski definition) is 5. The number of thiazole rings is 1. The van der Waals surface area contributed by atoms with E-state index in [0.29, 0.717) is 31.1 Å². The number of benzene rings is 1. The lowest BCUT2D eigenvalue weighted by Crippen LogP contribution is -2.40. The number of anilines is 1. The average molecular weight is 394 g/mol. The SMILES string of the molecule is Cc1ccc(-c2nc(NC(=O)C3CCN(S(C)(=O)=O)CC3)sc2C)cc1. The molecule has 0 saturated carbocycles. The van der Waals surface area contributed by atoms with Crippen LogP contribution in [0.1, 0.15) is 23.3 Å². The molecular formula is C18H23N3O3S2. The molecule has 1 aliphatic rings. The topological polar surface area (TPSA) is 79.4 Å². The fourth-order valence-electron chi connectivity index (χ4n) is 3.09. The van der Waals surface area contributed by atoms with E-state index in [4.69, 9.17) is 0 Å². The van der Waals surface area contributed by atoms with Crippen LogP contribution in [0.4, 0.5) is 5.13 Å². The number of sulfonamides is 1. The monoisotopic (exact) mass is 393 g/mol. The minimum Gasteiger partial charge on any atom is -0.302 e. The number of aryl methyl sites for hydroxylation is 2. The van der Waals surface area contributed by atoms with Crippen LogP contribution in [-0.2, 0) is 14.8 Å². The molecule has 3 rings (SSSR count). The molecule has 26 heavy (non-hydrogen) atoms. The van der Waals surface area contributed by atoms with Gasteiger partial charge in [-0.1, -0.05) is 29.8 Å². The first-order valence-corrected chi connectivity index (χ1v) is 11.2. The van der Waals surface area contributed by atoms with Gasteiger partial charge in [0.2, 0.25) is 15.9 Å². The molecule has 0 aliphatic carbocycles. The minimum atomic E-state index is -3.18. The predicted molar refractivity (Wildman–Crippen MR) is 105 cm³/mol. The molecule has 0 spiro atoms. The van der Waals surface area contributed by atoms with Crippen molar-refractivity contribution >= 4 is 32.4 Å². The van der Waals surface area contributed by atoms with Crippen LogP contribution in [0.3, 0.4) is 0 Å². The average Bonchev–Trinajstić information content (AvgIpc) is 2.95. The zero-order chi connectivity index (χ0) is 18.9. The fraction of sp³-hybridized carbons (Fsp3) is 0.444. The van der Waals surface area contributed by atoms with Crippen LogP contribution in [0.15, 0.2) is 24.3 Å². The number of nitrogens with zero attached hydrogens (tertiary/aromatic N) is 2. The maximum Gasteiger partial charge on any atom is 0.229 e. The molecule has 6 nitrogen and oxygen atoms in total. The molecular weight excluding hydrogens is 370 g/mol. The summed E-state index contributed by atoms with van der Waals surface area (Å²) in [5.74, 6) is -0.262. The van der Waals surface area contributed by atoms with Gasteiger partial charge >= 0.3 is 0 Å². The standard InChI is InChI=1S/C18H23N3O3S2/c1-12-4-6-14(7-5-12)16-13(2)25-18(19-16)20-17(22)15-8-10-21(11-9-15)26(3,23)24/h4-7,15H,8-11H2,1-3H3,(H,19,20,22). The minimum absolute atomic E-state index is 0.0812. The summed E-state index contributed by atoms with van der Waals surface area (Å²) in [5, 5.41) is 3.50. The second-order valence-corrected chi connectivity index (χ2v) is 9.90. The molecule has 1 amide bonds. The van der Waals surface area contributed by atoms with E-state index >= 15 is 0 Å². The van der Waals surface area contributed by atoms with Crippen LogP contribution < -0.4 is 5.32 Å². The van der Waals surface area contributed by atoms with E-state index in [2.05, 4.69) is 10.3 Å². The summed E-state index contributed by atoms with van der Waals surface area (Å²) < 4.78 is 24.6. The molecule has 2 heterocycles. The molecule has 0 unspecified atom stereocenters. The van der Waals surface area contributed by atoms with Gasteiger partial charge < -0.3 is 5.32 Å². The lowest BCUT2D eigenvalue weighted by Gasteiger charge is -2.29. The van der Waals surface area contributed by atoms with E-state index in [1.165, 1.54) is 27.5 Å². The molecule has 0 bridgehead atoms. The Balaban J connectivity index is 1.65. The van der Waals surface area contributed by atoms with Gasteiger partial charge in [0.05, 0.1) is 11.9 Å². The smallest absolute Gasteiger partial charge is 0.229 e. The van der Waals surface area contributed by atoms with Crippen molar-refractivity contribution in [2.45, 2.75) is 26.7 Å². The number of carbonyl (C=O) groups is 1. The Bertz CT molecular complexity index is 896. The van der Waals surface area contributed by atoms with Crippen LogP contribution in [0.2, 0.25) is 0 Å². The summed E-state index contributed by atoms with van der Waals surface area (Å²) in [6.07, 6.45) is 2.28. The first kappa shape index (κ1) is 19.0. The second kappa shape index (κ2) is 7.46. The Labute approximate surface area is 158 Å². The highest BCUT2D eigenvalue weighted by Gasteiger charge is 2.29. The third kappa shape index (κ3) is 4.31. The second-order valence-electron chi connectivity index (χ2n) is 6.72. The van der Waals surface area contributed by atoms with Crippen molar-refractivity contribution in [3.63, 3.8) is 0 Å². The fourth-order valence-corrected chi connectivity index (χ4v) is 4.80. The Kier molecular flexibility index (Phi) is 5.45. The molecule has 1 saturated heterocycles. The zero-order valence-corrected chi connectivity index (χ0v) is 16.8. The molecule has 8 heteroatoms. The molecule has 1 aliphatic heterocycles. The van der Waals surface area contributed by atoms with E-state index in [-0.39, 0.29) is 11.8 Å². The van der Waals surface area contributed by atoms with Crippen LogP contribution in [-0.4, -0.2) is 43.0 Å². The van der Waals surface area contributed by atoms with Gasteiger partial charge in [-0.25, -0.2) is 17.7 Å². The van der Waals surface area contributed by atoms with E-state index in [0.717, 1.165) is 16.1 Å². The zero-order valence-electron chi connectivity index (χ0n) is 15.2. The van der Waals surface area contributed by atoms with Gasteiger partial charge in [-0.05, 0) is 26.7 Å². The lowest BCUT2D eigenvalue weighted by atomic mass is 9.97. The summed E-state index contributed by atoms with van der Waals surface area (Å²) in [4.78, 5) is 18.1. The van der Waals surface area contributed by atoms with Crippen molar-refractivity contribution < 1.29 is 13.2 Å². The normalized spacial score (nSPS) is 16.6. The number of piperidine rings is 1. The highest BCUT2D eigenvalue weighted by molar-refractivity contribution is 7.88. The van der Waals surface area contributed by atoms with Crippen molar-refractivity contribution in [2.24, 2.45) is 5.92 Å². The van der Waals surface area contributed by atoms with E-state index < -0.39 is 10.0 Å². The van der Waals surface area contributed by atoms with Crippen molar-refractivity contribution in [1.82, 2.24) is 9.29 Å². The Morgan fingerprint density at radius 3 is 2.38 bits per heavy atom. The summed E-state index contributed by atoms with van der Waals surface area (Å²) >= 11 is 1.46. The van der Waals surface area contributed by atoms with Gasteiger partial charge in [0.15, 0.2) is 5.13 Å². The molecule has 1 fully saturated rings. The molecule has 0 radical (unpaired) electrons. The van der Waals surface area contributed by atoms with Gasteiger partial charge in [-0.15, -0.1) is 11.3 Å². The van der Waals surface area contributed by atoms with Crippen molar-refractivity contribution in [3.8, 4) is 11.3 Å². The maximum atomic E-state index is 12.5. The number of aromatic nitrogens is 1. The number of nitrogens with one attached hydrogen (secondary N) is 1. The van der Waals surface area contributed by atoms with Crippen LogP contribution in [0, 0.1) is 19.8 Å². The van der Waals surface area contributed by atoms with Gasteiger partial charge in [0, 0.05) is 29.4 Å². The number of rotatable bonds is 4. The molecule has 1 aromatic heterocycles. The van der Waals surface area contributed by atoms with Crippen LogP contribution in [0.5, 0.6) is 0 Å². The molecule has 1 N–H and O–H groups in total. The molecule has 140 valence electrons. The Morgan fingerprint density at radius 2 is 1.81 bits per heavy atom. The van der Waals surface area contributed by atoms with E-state index in [9.17, 15) is 13.2 Å². The van der Waals surface area contributed by atoms with Gasteiger partial charge in [0.25, 0.3) is 0 Å².